The number of aromatic carboxylic acids is 1. The Hall–Kier alpha value is -2.30. The van der Waals surface area contributed by atoms with Crippen LogP contribution in [0.25, 0.3) is 0 Å². The van der Waals surface area contributed by atoms with Gasteiger partial charge in [-0.1, -0.05) is 0 Å². The lowest BCUT2D eigenvalue weighted by atomic mass is 10.1. The van der Waals surface area contributed by atoms with Crippen LogP contribution < -0.4 is 4.74 Å². The average molecular weight is 246 g/mol. The number of hydrogen-bond acceptors (Lipinski definition) is 3. The van der Waals surface area contributed by atoms with E-state index in [1.165, 1.54) is 6.07 Å². The number of hydrogen-bond donors (Lipinski definition) is 1. The van der Waals surface area contributed by atoms with E-state index in [0.717, 1.165) is 11.4 Å². The molecule has 0 bridgehead atoms. The molecule has 0 spiro atoms. The van der Waals surface area contributed by atoms with Crippen LogP contribution >= 0.6 is 0 Å². The van der Waals surface area contributed by atoms with E-state index in [1.54, 1.807) is 25.4 Å². The van der Waals surface area contributed by atoms with Crippen molar-refractivity contribution in [1.29, 1.82) is 0 Å². The van der Waals surface area contributed by atoms with Crippen LogP contribution in [0.15, 0.2) is 30.6 Å². The van der Waals surface area contributed by atoms with Gasteiger partial charge in [0.25, 0.3) is 0 Å². The summed E-state index contributed by atoms with van der Waals surface area (Å²) in [4.78, 5) is 15.1. The van der Waals surface area contributed by atoms with Crippen molar-refractivity contribution in [3.63, 3.8) is 0 Å². The highest BCUT2D eigenvalue weighted by molar-refractivity contribution is 5.88. The van der Waals surface area contributed by atoms with Crippen molar-refractivity contribution in [2.75, 3.05) is 7.11 Å². The van der Waals surface area contributed by atoms with Crippen LogP contribution in [0.1, 0.15) is 21.7 Å². The third-order valence-electron chi connectivity index (χ3n) is 2.79. The Bertz CT molecular complexity index is 575. The fourth-order valence-corrected chi connectivity index (χ4v) is 1.79. The van der Waals surface area contributed by atoms with Gasteiger partial charge in [0, 0.05) is 18.0 Å². The number of rotatable bonds is 4. The minimum atomic E-state index is -0.943. The SMILES string of the molecule is COc1ccc(C(=O)O)cc1Cn1ccnc1C. The molecule has 0 atom stereocenters. The first kappa shape index (κ1) is 12.2. The fourth-order valence-electron chi connectivity index (χ4n) is 1.79. The summed E-state index contributed by atoms with van der Waals surface area (Å²) in [6.45, 7) is 2.43. The van der Waals surface area contributed by atoms with Crippen molar-refractivity contribution in [3.8, 4) is 5.75 Å². The zero-order chi connectivity index (χ0) is 13.1. The molecular formula is C13H14N2O3. The number of ether oxygens (including phenoxy) is 1. The van der Waals surface area contributed by atoms with Crippen molar-refractivity contribution in [2.24, 2.45) is 0 Å². The van der Waals surface area contributed by atoms with E-state index in [9.17, 15) is 4.79 Å². The Morgan fingerprint density at radius 2 is 2.28 bits per heavy atom. The normalized spacial score (nSPS) is 10.3. The Morgan fingerprint density at radius 3 is 2.83 bits per heavy atom. The zero-order valence-corrected chi connectivity index (χ0v) is 10.3. The smallest absolute Gasteiger partial charge is 0.335 e. The topological polar surface area (TPSA) is 64.3 Å². The molecule has 94 valence electrons. The number of aryl methyl sites for hydroxylation is 1. The number of imidazole rings is 1. The number of carboxylic acid groups (broad SMARTS) is 1. The van der Waals surface area contributed by atoms with Crippen molar-refractivity contribution in [1.82, 2.24) is 9.55 Å². The average Bonchev–Trinajstić information content (AvgIpc) is 2.75. The van der Waals surface area contributed by atoms with Gasteiger partial charge in [0.15, 0.2) is 0 Å². The van der Waals surface area contributed by atoms with Crippen LogP contribution in [0.5, 0.6) is 5.75 Å². The molecule has 2 aromatic rings. The van der Waals surface area contributed by atoms with Crippen molar-refractivity contribution in [3.05, 3.63) is 47.5 Å². The molecule has 5 heteroatoms. The summed E-state index contributed by atoms with van der Waals surface area (Å²) in [6, 6.07) is 4.83. The highest BCUT2D eigenvalue weighted by Gasteiger charge is 2.10. The molecule has 0 fully saturated rings. The molecule has 0 aliphatic rings. The molecule has 0 saturated heterocycles. The summed E-state index contributed by atoms with van der Waals surface area (Å²) < 4.78 is 7.18. The van der Waals surface area contributed by atoms with Crippen LogP contribution in [0, 0.1) is 6.92 Å². The number of carboxylic acids is 1. The van der Waals surface area contributed by atoms with Crippen molar-refractivity contribution in [2.45, 2.75) is 13.5 Å². The molecule has 0 radical (unpaired) electrons. The molecule has 0 unspecified atom stereocenters. The third kappa shape index (κ3) is 2.34. The summed E-state index contributed by atoms with van der Waals surface area (Å²) >= 11 is 0. The standard InChI is InChI=1S/C13H14N2O3/c1-9-14-5-6-15(9)8-11-7-10(13(16)17)3-4-12(11)18-2/h3-7H,8H2,1-2H3,(H,16,17). The summed E-state index contributed by atoms with van der Waals surface area (Å²) in [5, 5.41) is 8.99. The third-order valence-corrected chi connectivity index (χ3v) is 2.79. The van der Waals surface area contributed by atoms with Crippen LogP contribution in [0.3, 0.4) is 0 Å². The fraction of sp³-hybridized carbons (Fsp3) is 0.231. The number of aromatic nitrogens is 2. The molecule has 2 rings (SSSR count). The highest BCUT2D eigenvalue weighted by Crippen LogP contribution is 2.21. The molecule has 0 aliphatic carbocycles. The second-order valence-electron chi connectivity index (χ2n) is 3.93. The first-order chi connectivity index (χ1) is 8.61. The van der Waals surface area contributed by atoms with Gasteiger partial charge in [0.1, 0.15) is 11.6 Å². The predicted molar refractivity (Wildman–Crippen MR) is 66.0 cm³/mol. The monoisotopic (exact) mass is 246 g/mol. The Balaban J connectivity index is 2.38. The van der Waals surface area contributed by atoms with Crippen LogP contribution in [-0.4, -0.2) is 27.7 Å². The Labute approximate surface area is 105 Å². The van der Waals surface area contributed by atoms with Crippen LogP contribution in [0.2, 0.25) is 0 Å². The van der Waals surface area contributed by atoms with E-state index in [1.807, 2.05) is 17.7 Å². The number of nitrogens with zero attached hydrogens (tertiary/aromatic N) is 2. The molecule has 1 aromatic carbocycles. The lowest BCUT2D eigenvalue weighted by Crippen LogP contribution is -2.05. The molecular weight excluding hydrogens is 232 g/mol. The number of methoxy groups -OCH3 is 1. The van der Waals surface area contributed by atoms with Gasteiger partial charge in [-0.2, -0.15) is 0 Å². The molecule has 1 heterocycles. The summed E-state index contributed by atoms with van der Waals surface area (Å²) in [5.41, 5.74) is 1.07. The van der Waals surface area contributed by atoms with Crippen LogP contribution in [-0.2, 0) is 6.54 Å². The largest absolute Gasteiger partial charge is 0.496 e. The van der Waals surface area contributed by atoms with Gasteiger partial charge in [-0.15, -0.1) is 0 Å². The minimum Gasteiger partial charge on any atom is -0.496 e. The van der Waals surface area contributed by atoms with Gasteiger partial charge in [-0.05, 0) is 25.1 Å². The summed E-state index contributed by atoms with van der Waals surface area (Å²) in [5.74, 6) is 0.604. The maximum atomic E-state index is 11.0. The van der Waals surface area contributed by atoms with Crippen molar-refractivity contribution >= 4 is 5.97 Å². The van der Waals surface area contributed by atoms with E-state index in [2.05, 4.69) is 4.98 Å². The lowest BCUT2D eigenvalue weighted by Gasteiger charge is -2.11. The quantitative estimate of drug-likeness (QED) is 0.895. The highest BCUT2D eigenvalue weighted by atomic mass is 16.5. The minimum absolute atomic E-state index is 0.253. The van der Waals surface area contributed by atoms with E-state index < -0.39 is 5.97 Å². The maximum absolute atomic E-state index is 11.0. The van der Waals surface area contributed by atoms with Gasteiger partial charge >= 0.3 is 5.97 Å². The number of benzene rings is 1. The molecule has 0 saturated carbocycles. The van der Waals surface area contributed by atoms with Crippen molar-refractivity contribution < 1.29 is 14.6 Å². The lowest BCUT2D eigenvalue weighted by molar-refractivity contribution is 0.0696. The van der Waals surface area contributed by atoms with Gasteiger partial charge in [-0.3, -0.25) is 0 Å². The van der Waals surface area contributed by atoms with Gasteiger partial charge in [0.05, 0.1) is 19.2 Å². The molecule has 18 heavy (non-hydrogen) atoms. The second-order valence-corrected chi connectivity index (χ2v) is 3.93. The second kappa shape index (κ2) is 4.91. The molecule has 0 amide bonds. The summed E-state index contributed by atoms with van der Waals surface area (Å²) in [7, 11) is 1.57. The van der Waals surface area contributed by atoms with Gasteiger partial charge in [0.2, 0.25) is 0 Å². The first-order valence-electron chi connectivity index (χ1n) is 5.49. The number of carbonyl (C=O) groups is 1. The molecule has 5 nitrogen and oxygen atoms in total. The molecule has 1 aromatic heterocycles. The molecule has 0 aliphatic heterocycles. The van der Waals surface area contributed by atoms with E-state index in [0.29, 0.717) is 12.3 Å². The van der Waals surface area contributed by atoms with E-state index in [-0.39, 0.29) is 5.56 Å². The Morgan fingerprint density at radius 1 is 1.50 bits per heavy atom. The van der Waals surface area contributed by atoms with E-state index in [4.69, 9.17) is 9.84 Å². The van der Waals surface area contributed by atoms with E-state index >= 15 is 0 Å². The predicted octanol–water partition coefficient (Wildman–Crippen LogP) is 1.95. The van der Waals surface area contributed by atoms with Crippen LogP contribution in [0.4, 0.5) is 0 Å². The summed E-state index contributed by atoms with van der Waals surface area (Å²) in [6.07, 6.45) is 3.56. The molecule has 1 N–H and O–H groups in total. The van der Waals surface area contributed by atoms with Gasteiger partial charge in [-0.25, -0.2) is 9.78 Å². The first-order valence-corrected chi connectivity index (χ1v) is 5.49. The maximum Gasteiger partial charge on any atom is 0.335 e. The zero-order valence-electron chi connectivity index (χ0n) is 10.3. The van der Waals surface area contributed by atoms with Gasteiger partial charge < -0.3 is 14.4 Å². The Kier molecular flexibility index (Phi) is 3.32.